The summed E-state index contributed by atoms with van der Waals surface area (Å²) in [5.41, 5.74) is 2.40. The predicted molar refractivity (Wildman–Crippen MR) is 76.0 cm³/mol. The molecule has 0 fully saturated rings. The van der Waals surface area contributed by atoms with Gasteiger partial charge in [-0.15, -0.1) is 11.8 Å². The lowest BCUT2D eigenvalue weighted by Gasteiger charge is -2.19. The van der Waals surface area contributed by atoms with E-state index in [4.69, 9.17) is 5.11 Å². The Morgan fingerprint density at radius 1 is 1.39 bits per heavy atom. The molecule has 18 heavy (non-hydrogen) atoms. The average molecular weight is 267 g/mol. The van der Waals surface area contributed by atoms with Crippen LogP contribution in [0.2, 0.25) is 0 Å². The molecular formula is C14H21NO2S. The minimum atomic E-state index is 0.0215. The Balaban J connectivity index is 2.58. The highest BCUT2D eigenvalue weighted by Gasteiger charge is 2.11. The lowest BCUT2D eigenvalue weighted by molar-refractivity contribution is -0.128. The number of carbonyl (C=O) groups is 1. The molecule has 0 aliphatic carbocycles. The fourth-order valence-corrected chi connectivity index (χ4v) is 2.70. The zero-order valence-corrected chi connectivity index (χ0v) is 12.1. The van der Waals surface area contributed by atoms with Crippen LogP contribution in [0.5, 0.6) is 0 Å². The summed E-state index contributed by atoms with van der Waals surface area (Å²) < 4.78 is 0. The number of aliphatic hydroxyl groups is 1. The zero-order chi connectivity index (χ0) is 13.5. The first-order chi connectivity index (χ1) is 8.58. The molecular weight excluding hydrogens is 246 g/mol. The molecule has 1 aromatic carbocycles. The molecule has 100 valence electrons. The lowest BCUT2D eigenvalue weighted by Crippen LogP contribution is -2.34. The van der Waals surface area contributed by atoms with E-state index in [1.54, 1.807) is 16.7 Å². The summed E-state index contributed by atoms with van der Waals surface area (Å²) in [6.45, 7) is 7.12. The topological polar surface area (TPSA) is 40.5 Å². The van der Waals surface area contributed by atoms with Crippen LogP contribution in [0, 0.1) is 13.8 Å². The summed E-state index contributed by atoms with van der Waals surface area (Å²) >= 11 is 1.57. The van der Waals surface area contributed by atoms with Gasteiger partial charge in [-0.1, -0.05) is 17.7 Å². The Hall–Kier alpha value is -1.00. The molecule has 0 saturated heterocycles. The first-order valence-electron chi connectivity index (χ1n) is 6.17. The summed E-state index contributed by atoms with van der Waals surface area (Å²) in [5.74, 6) is 0.510. The Kier molecular flexibility index (Phi) is 6.22. The highest BCUT2D eigenvalue weighted by atomic mass is 32.2. The van der Waals surface area contributed by atoms with Crippen LogP contribution >= 0.6 is 11.8 Å². The molecule has 1 rings (SSSR count). The molecule has 3 nitrogen and oxygen atoms in total. The summed E-state index contributed by atoms with van der Waals surface area (Å²) in [7, 11) is 0. The maximum Gasteiger partial charge on any atom is 0.233 e. The summed E-state index contributed by atoms with van der Waals surface area (Å²) in [4.78, 5) is 14.8. The molecule has 1 N–H and O–H groups in total. The van der Waals surface area contributed by atoms with Crippen molar-refractivity contribution in [3.05, 3.63) is 29.3 Å². The van der Waals surface area contributed by atoms with E-state index in [-0.39, 0.29) is 12.5 Å². The molecule has 0 unspecified atom stereocenters. The number of aryl methyl sites for hydroxylation is 2. The molecule has 0 saturated carbocycles. The van der Waals surface area contributed by atoms with E-state index in [0.29, 0.717) is 18.8 Å². The Labute approximate surface area is 113 Å². The van der Waals surface area contributed by atoms with Crippen LogP contribution in [0.4, 0.5) is 0 Å². The number of hydrogen-bond donors (Lipinski definition) is 1. The van der Waals surface area contributed by atoms with E-state index in [0.717, 1.165) is 4.90 Å². The smallest absolute Gasteiger partial charge is 0.233 e. The number of hydrogen-bond acceptors (Lipinski definition) is 3. The van der Waals surface area contributed by atoms with Gasteiger partial charge >= 0.3 is 0 Å². The van der Waals surface area contributed by atoms with Crippen LogP contribution in [0.15, 0.2) is 23.1 Å². The van der Waals surface area contributed by atoms with E-state index in [1.165, 1.54) is 11.1 Å². The highest BCUT2D eigenvalue weighted by Crippen LogP contribution is 2.23. The lowest BCUT2D eigenvalue weighted by atomic mass is 10.2. The summed E-state index contributed by atoms with van der Waals surface area (Å²) in [6.07, 6.45) is 0. The van der Waals surface area contributed by atoms with Gasteiger partial charge in [0.1, 0.15) is 0 Å². The maximum absolute atomic E-state index is 11.9. The number of carbonyl (C=O) groups excluding carboxylic acids is 1. The van der Waals surface area contributed by atoms with Gasteiger partial charge in [-0.3, -0.25) is 4.79 Å². The predicted octanol–water partition coefficient (Wildman–Crippen LogP) is 2.24. The number of benzene rings is 1. The van der Waals surface area contributed by atoms with Crippen LogP contribution in [-0.2, 0) is 4.79 Å². The van der Waals surface area contributed by atoms with Crippen molar-refractivity contribution in [1.29, 1.82) is 0 Å². The molecule has 0 aliphatic heterocycles. The van der Waals surface area contributed by atoms with Gasteiger partial charge in [-0.25, -0.2) is 0 Å². The van der Waals surface area contributed by atoms with Crippen LogP contribution in [-0.4, -0.2) is 41.4 Å². The first-order valence-corrected chi connectivity index (χ1v) is 7.15. The van der Waals surface area contributed by atoms with Crippen molar-refractivity contribution in [2.75, 3.05) is 25.4 Å². The molecule has 1 amide bonds. The number of likely N-dealkylation sites (N-methyl/N-ethyl adjacent to an activating group) is 1. The summed E-state index contributed by atoms with van der Waals surface area (Å²) in [6, 6.07) is 6.26. The van der Waals surface area contributed by atoms with Gasteiger partial charge in [0.05, 0.1) is 12.4 Å². The van der Waals surface area contributed by atoms with Crippen LogP contribution in [0.25, 0.3) is 0 Å². The van der Waals surface area contributed by atoms with Crippen molar-refractivity contribution >= 4 is 17.7 Å². The van der Waals surface area contributed by atoms with E-state index in [9.17, 15) is 4.79 Å². The standard InChI is InChI=1S/C14H21NO2S/c1-4-15(7-8-16)14(17)10-18-13-9-11(2)5-6-12(13)3/h5-6,9,16H,4,7-8,10H2,1-3H3. The zero-order valence-electron chi connectivity index (χ0n) is 11.3. The second kappa shape index (κ2) is 7.44. The maximum atomic E-state index is 11.9. The van der Waals surface area contributed by atoms with E-state index in [1.807, 2.05) is 6.92 Å². The monoisotopic (exact) mass is 267 g/mol. The molecule has 4 heteroatoms. The third kappa shape index (κ3) is 4.35. The van der Waals surface area contributed by atoms with Gasteiger partial charge in [-0.2, -0.15) is 0 Å². The second-order valence-corrected chi connectivity index (χ2v) is 5.27. The fourth-order valence-electron chi connectivity index (χ4n) is 1.67. The molecule has 0 radical (unpaired) electrons. The van der Waals surface area contributed by atoms with E-state index >= 15 is 0 Å². The molecule has 0 spiro atoms. The molecule has 1 aromatic rings. The fraction of sp³-hybridized carbons (Fsp3) is 0.500. The minimum absolute atomic E-state index is 0.0215. The van der Waals surface area contributed by atoms with E-state index in [2.05, 4.69) is 32.0 Å². The van der Waals surface area contributed by atoms with Crippen LogP contribution in [0.3, 0.4) is 0 Å². The largest absolute Gasteiger partial charge is 0.395 e. The third-order valence-electron chi connectivity index (χ3n) is 2.80. The van der Waals surface area contributed by atoms with Crippen LogP contribution < -0.4 is 0 Å². The van der Waals surface area contributed by atoms with Gasteiger partial charge in [-0.05, 0) is 32.4 Å². The Morgan fingerprint density at radius 2 is 2.11 bits per heavy atom. The van der Waals surface area contributed by atoms with Crippen molar-refractivity contribution in [2.24, 2.45) is 0 Å². The Morgan fingerprint density at radius 3 is 2.72 bits per heavy atom. The highest BCUT2D eigenvalue weighted by molar-refractivity contribution is 8.00. The molecule has 0 aromatic heterocycles. The van der Waals surface area contributed by atoms with E-state index < -0.39 is 0 Å². The van der Waals surface area contributed by atoms with Gasteiger partial charge in [0.2, 0.25) is 5.91 Å². The average Bonchev–Trinajstić information content (AvgIpc) is 2.36. The number of rotatable bonds is 6. The van der Waals surface area contributed by atoms with Gasteiger partial charge in [0.25, 0.3) is 0 Å². The minimum Gasteiger partial charge on any atom is -0.395 e. The quantitative estimate of drug-likeness (QED) is 0.804. The molecule has 0 bridgehead atoms. The number of thioether (sulfide) groups is 1. The Bertz CT molecular complexity index is 407. The van der Waals surface area contributed by atoms with Crippen molar-refractivity contribution in [1.82, 2.24) is 4.90 Å². The van der Waals surface area contributed by atoms with Crippen molar-refractivity contribution in [2.45, 2.75) is 25.7 Å². The first kappa shape index (κ1) is 15.1. The number of amides is 1. The van der Waals surface area contributed by atoms with Crippen LogP contribution in [0.1, 0.15) is 18.1 Å². The van der Waals surface area contributed by atoms with Crippen molar-refractivity contribution in [3.8, 4) is 0 Å². The molecule has 0 aliphatic rings. The molecule has 0 heterocycles. The van der Waals surface area contributed by atoms with Gasteiger partial charge < -0.3 is 10.0 Å². The normalized spacial score (nSPS) is 10.4. The summed E-state index contributed by atoms with van der Waals surface area (Å²) in [5, 5.41) is 8.88. The number of aliphatic hydroxyl groups excluding tert-OH is 1. The second-order valence-electron chi connectivity index (χ2n) is 4.25. The van der Waals surface area contributed by atoms with Crippen molar-refractivity contribution < 1.29 is 9.90 Å². The SMILES string of the molecule is CCN(CCO)C(=O)CSc1cc(C)ccc1C. The van der Waals surface area contributed by atoms with Gasteiger partial charge in [0.15, 0.2) is 0 Å². The number of nitrogens with zero attached hydrogens (tertiary/aromatic N) is 1. The van der Waals surface area contributed by atoms with Gasteiger partial charge in [0, 0.05) is 18.0 Å². The van der Waals surface area contributed by atoms with Crippen molar-refractivity contribution in [3.63, 3.8) is 0 Å². The third-order valence-corrected chi connectivity index (χ3v) is 3.94. The molecule has 0 atom stereocenters.